The van der Waals surface area contributed by atoms with Crippen LogP contribution in [0.4, 0.5) is 13.2 Å². The molecular formula is C19H21F3N2O4. The van der Waals surface area contributed by atoms with Gasteiger partial charge in [0.1, 0.15) is 12.4 Å². The Morgan fingerprint density at radius 3 is 2.32 bits per heavy atom. The molecule has 2 aromatic carbocycles. The molecule has 0 saturated carbocycles. The third-order valence-electron chi connectivity index (χ3n) is 3.82. The highest BCUT2D eigenvalue weighted by Gasteiger charge is 2.30. The Kier molecular flexibility index (Phi) is 7.11. The maximum absolute atomic E-state index is 12.2. The summed E-state index contributed by atoms with van der Waals surface area (Å²) >= 11 is 0. The van der Waals surface area contributed by atoms with Crippen molar-refractivity contribution in [2.45, 2.75) is 32.5 Å². The number of methoxy groups -OCH3 is 1. The van der Waals surface area contributed by atoms with Gasteiger partial charge in [-0.1, -0.05) is 18.2 Å². The van der Waals surface area contributed by atoms with Crippen LogP contribution in [0.2, 0.25) is 0 Å². The van der Waals surface area contributed by atoms with Crippen molar-refractivity contribution in [3.05, 3.63) is 53.6 Å². The summed E-state index contributed by atoms with van der Waals surface area (Å²) in [5.41, 5.74) is 6.74. The topological polar surface area (TPSA) is 82.8 Å². The second kappa shape index (κ2) is 9.32. The monoisotopic (exact) mass is 398 g/mol. The molecule has 0 radical (unpaired) electrons. The van der Waals surface area contributed by atoms with E-state index in [1.165, 1.54) is 31.4 Å². The number of nitrogens with one attached hydrogen (secondary N) is 1. The van der Waals surface area contributed by atoms with Crippen LogP contribution in [0.3, 0.4) is 0 Å². The van der Waals surface area contributed by atoms with Crippen LogP contribution in [0.15, 0.2) is 42.5 Å². The summed E-state index contributed by atoms with van der Waals surface area (Å²) in [4.78, 5) is 11.1. The summed E-state index contributed by atoms with van der Waals surface area (Å²) in [6.07, 6.45) is -4.72. The number of carbonyl (C=O) groups excluding carboxylic acids is 1. The third kappa shape index (κ3) is 6.66. The minimum absolute atomic E-state index is 0.138. The Labute approximate surface area is 160 Å². The van der Waals surface area contributed by atoms with E-state index < -0.39 is 18.3 Å². The lowest BCUT2D eigenvalue weighted by Gasteiger charge is -2.14. The number of alkyl halides is 3. The fourth-order valence-corrected chi connectivity index (χ4v) is 2.26. The Hall–Kier alpha value is -2.94. The van der Waals surface area contributed by atoms with Gasteiger partial charge in [0, 0.05) is 6.54 Å². The zero-order valence-corrected chi connectivity index (χ0v) is 15.4. The highest BCUT2D eigenvalue weighted by molar-refractivity contribution is 5.79. The summed E-state index contributed by atoms with van der Waals surface area (Å²) in [7, 11) is 1.49. The zero-order chi connectivity index (χ0) is 20.7. The van der Waals surface area contributed by atoms with Crippen LogP contribution in [-0.2, 0) is 17.9 Å². The quantitative estimate of drug-likeness (QED) is 0.678. The molecule has 2 rings (SSSR count). The van der Waals surface area contributed by atoms with E-state index in [1.54, 1.807) is 25.1 Å². The molecule has 152 valence electrons. The molecule has 0 saturated heterocycles. The average molecular weight is 398 g/mol. The first-order valence-electron chi connectivity index (χ1n) is 8.35. The van der Waals surface area contributed by atoms with Crippen LogP contribution >= 0.6 is 0 Å². The van der Waals surface area contributed by atoms with Gasteiger partial charge in [-0.3, -0.25) is 4.79 Å². The number of rotatable bonds is 9. The Morgan fingerprint density at radius 1 is 1.11 bits per heavy atom. The number of carbonyl (C=O) groups is 1. The minimum Gasteiger partial charge on any atom is -0.493 e. The molecule has 0 aliphatic carbocycles. The van der Waals surface area contributed by atoms with Crippen molar-refractivity contribution in [3.63, 3.8) is 0 Å². The fourth-order valence-electron chi connectivity index (χ4n) is 2.26. The van der Waals surface area contributed by atoms with Gasteiger partial charge in [-0.2, -0.15) is 0 Å². The molecule has 0 unspecified atom stereocenters. The Morgan fingerprint density at radius 2 is 1.75 bits per heavy atom. The van der Waals surface area contributed by atoms with Crippen LogP contribution < -0.4 is 25.3 Å². The molecule has 0 heterocycles. The van der Waals surface area contributed by atoms with Gasteiger partial charge in [0.25, 0.3) is 0 Å². The van der Waals surface area contributed by atoms with E-state index in [9.17, 15) is 18.0 Å². The molecule has 9 heteroatoms. The molecule has 0 aliphatic heterocycles. The molecule has 0 aliphatic rings. The number of hydrogen-bond acceptors (Lipinski definition) is 5. The lowest BCUT2D eigenvalue weighted by atomic mass is 10.2. The predicted octanol–water partition coefficient (Wildman–Crippen LogP) is 3.14. The van der Waals surface area contributed by atoms with Gasteiger partial charge in [-0.15, -0.1) is 13.2 Å². The molecule has 2 aromatic rings. The van der Waals surface area contributed by atoms with Crippen molar-refractivity contribution in [3.8, 4) is 17.2 Å². The highest BCUT2D eigenvalue weighted by Crippen LogP contribution is 2.29. The summed E-state index contributed by atoms with van der Waals surface area (Å²) in [6.45, 7) is 2.22. The molecular weight excluding hydrogens is 377 g/mol. The molecule has 0 fully saturated rings. The largest absolute Gasteiger partial charge is 0.573 e. The fraction of sp³-hybridized carbons (Fsp3) is 0.316. The van der Waals surface area contributed by atoms with Gasteiger partial charge in [0.2, 0.25) is 5.91 Å². The first kappa shape index (κ1) is 21.4. The lowest BCUT2D eigenvalue weighted by Crippen LogP contribution is -2.38. The minimum atomic E-state index is -4.72. The molecule has 1 amide bonds. The summed E-state index contributed by atoms with van der Waals surface area (Å²) < 4.78 is 51.4. The maximum atomic E-state index is 12.2. The molecule has 3 N–H and O–H groups in total. The van der Waals surface area contributed by atoms with Gasteiger partial charge < -0.3 is 25.3 Å². The molecule has 28 heavy (non-hydrogen) atoms. The van der Waals surface area contributed by atoms with Crippen LogP contribution in [0.25, 0.3) is 0 Å². The van der Waals surface area contributed by atoms with E-state index in [1.807, 2.05) is 0 Å². The van der Waals surface area contributed by atoms with E-state index in [4.69, 9.17) is 15.2 Å². The molecule has 0 aromatic heterocycles. The first-order chi connectivity index (χ1) is 13.2. The van der Waals surface area contributed by atoms with Crippen molar-refractivity contribution in [1.82, 2.24) is 5.32 Å². The highest BCUT2D eigenvalue weighted by atomic mass is 19.4. The van der Waals surface area contributed by atoms with Crippen molar-refractivity contribution in [2.75, 3.05) is 7.11 Å². The van der Waals surface area contributed by atoms with Crippen LogP contribution in [-0.4, -0.2) is 25.4 Å². The number of hydrogen-bond donors (Lipinski definition) is 2. The summed E-state index contributed by atoms with van der Waals surface area (Å²) in [5, 5.41) is 2.99. The van der Waals surface area contributed by atoms with E-state index in [-0.39, 0.29) is 12.4 Å². The Balaban J connectivity index is 1.97. The van der Waals surface area contributed by atoms with Crippen molar-refractivity contribution in [2.24, 2.45) is 5.73 Å². The molecule has 1 atom stereocenters. The van der Waals surface area contributed by atoms with Gasteiger partial charge in [-0.25, -0.2) is 0 Å². The second-order valence-electron chi connectivity index (χ2n) is 5.97. The molecule has 0 spiro atoms. The number of ether oxygens (including phenoxy) is 3. The maximum Gasteiger partial charge on any atom is 0.573 e. The number of primary amides is 1. The number of nitrogens with two attached hydrogens (primary N) is 1. The summed E-state index contributed by atoms with van der Waals surface area (Å²) in [6, 6.07) is 10.2. The van der Waals surface area contributed by atoms with Gasteiger partial charge >= 0.3 is 6.36 Å². The van der Waals surface area contributed by atoms with Gasteiger partial charge in [0.05, 0.1) is 13.2 Å². The normalized spacial score (nSPS) is 12.3. The first-order valence-corrected chi connectivity index (χ1v) is 8.35. The third-order valence-corrected chi connectivity index (χ3v) is 3.82. The Bertz CT molecular complexity index is 795. The average Bonchev–Trinajstić information content (AvgIpc) is 2.64. The number of benzene rings is 2. The summed E-state index contributed by atoms with van der Waals surface area (Å²) in [5.74, 6) is 0.224. The van der Waals surface area contributed by atoms with Crippen molar-refractivity contribution >= 4 is 5.91 Å². The van der Waals surface area contributed by atoms with E-state index >= 15 is 0 Å². The number of halogens is 3. The zero-order valence-electron chi connectivity index (χ0n) is 15.4. The van der Waals surface area contributed by atoms with E-state index in [2.05, 4.69) is 10.1 Å². The van der Waals surface area contributed by atoms with Crippen LogP contribution in [0.1, 0.15) is 18.1 Å². The van der Waals surface area contributed by atoms with E-state index in [0.29, 0.717) is 23.6 Å². The van der Waals surface area contributed by atoms with Crippen LogP contribution in [0, 0.1) is 0 Å². The smallest absolute Gasteiger partial charge is 0.493 e. The van der Waals surface area contributed by atoms with Crippen LogP contribution in [0.5, 0.6) is 17.2 Å². The second-order valence-corrected chi connectivity index (χ2v) is 5.97. The van der Waals surface area contributed by atoms with Crippen molar-refractivity contribution < 1.29 is 32.2 Å². The standard InChI is InChI=1S/C19H21F3N2O4/c1-12(18(23)25)24-10-14-5-8-16(17(9-14)26-2)27-11-13-3-6-15(7-4-13)28-19(20,21)22/h3-9,12,24H,10-11H2,1-2H3,(H2,23,25)/t12-/m0/s1. The van der Waals surface area contributed by atoms with E-state index in [0.717, 1.165) is 5.56 Å². The number of amides is 1. The van der Waals surface area contributed by atoms with Gasteiger partial charge in [0.15, 0.2) is 11.5 Å². The SMILES string of the molecule is COc1cc(CN[C@@H](C)C(N)=O)ccc1OCc1ccc(OC(F)(F)F)cc1. The lowest BCUT2D eigenvalue weighted by molar-refractivity contribution is -0.274. The molecule has 0 bridgehead atoms. The van der Waals surface area contributed by atoms with Gasteiger partial charge in [-0.05, 0) is 42.3 Å². The van der Waals surface area contributed by atoms with Crippen molar-refractivity contribution in [1.29, 1.82) is 0 Å². The molecule has 6 nitrogen and oxygen atoms in total. The predicted molar refractivity (Wildman–Crippen MR) is 95.9 cm³/mol.